The standard InChI is InChI=1S/C17H29NO11/c1-6-8(5-19)27-16(26-4)9(18-7(2)20)12(6)28-17-11(22)10(21)13(25-3)14(29-17)15(23)24/h6,8-14,16-17,19,21-22H,5H2,1-4H3,(H,18,20)(H,23,24)/t6-,8?,9?,10+,11?,12-,13+,14?,16+,17+/m0/s1. The molecular formula is C17H29NO11. The fourth-order valence-electron chi connectivity index (χ4n) is 3.65. The zero-order valence-corrected chi connectivity index (χ0v) is 16.6. The largest absolute Gasteiger partial charge is 0.479 e. The lowest BCUT2D eigenvalue weighted by Crippen LogP contribution is -2.66. The van der Waals surface area contributed by atoms with Gasteiger partial charge in [0, 0.05) is 27.1 Å². The van der Waals surface area contributed by atoms with Crippen molar-refractivity contribution in [3.8, 4) is 0 Å². The lowest BCUT2D eigenvalue weighted by Gasteiger charge is -2.47. The van der Waals surface area contributed by atoms with Crippen molar-refractivity contribution < 1.29 is 53.7 Å². The van der Waals surface area contributed by atoms with E-state index in [2.05, 4.69) is 5.32 Å². The van der Waals surface area contributed by atoms with Gasteiger partial charge in [0.1, 0.15) is 24.4 Å². The molecule has 2 rings (SSSR count). The van der Waals surface area contributed by atoms with E-state index in [-0.39, 0.29) is 6.61 Å². The van der Waals surface area contributed by atoms with Crippen LogP contribution in [0.3, 0.4) is 0 Å². The summed E-state index contributed by atoms with van der Waals surface area (Å²) in [6.07, 6.45) is -10.3. The Morgan fingerprint density at radius 1 is 1.03 bits per heavy atom. The SMILES string of the molecule is CO[C@@H]1OC(CO)[C@H](C)[C@H](O[C@@H]2OC(C(=O)O)[C@H](OC)[C@H](O)C2O)C1NC(C)=O. The smallest absolute Gasteiger partial charge is 0.335 e. The molecular weight excluding hydrogens is 394 g/mol. The minimum absolute atomic E-state index is 0.367. The van der Waals surface area contributed by atoms with E-state index in [1.165, 1.54) is 21.1 Å². The summed E-state index contributed by atoms with van der Waals surface area (Å²) in [7, 11) is 2.53. The second-order valence-electron chi connectivity index (χ2n) is 7.09. The van der Waals surface area contributed by atoms with Crippen LogP contribution in [-0.4, -0.2) is 108 Å². The highest BCUT2D eigenvalue weighted by Crippen LogP contribution is 2.32. The second-order valence-corrected chi connectivity index (χ2v) is 7.09. The molecule has 2 aliphatic rings. The van der Waals surface area contributed by atoms with E-state index in [0.29, 0.717) is 0 Å². The number of ether oxygens (including phenoxy) is 5. The number of methoxy groups -OCH3 is 2. The molecule has 2 aliphatic heterocycles. The first kappa shape index (κ1) is 23.9. The lowest BCUT2D eigenvalue weighted by atomic mass is 9.88. The van der Waals surface area contributed by atoms with Crippen LogP contribution in [0.1, 0.15) is 13.8 Å². The molecule has 2 heterocycles. The molecule has 10 atom stereocenters. The summed E-state index contributed by atoms with van der Waals surface area (Å²) < 4.78 is 27.0. The van der Waals surface area contributed by atoms with Crippen LogP contribution >= 0.6 is 0 Å². The summed E-state index contributed by atoms with van der Waals surface area (Å²) in [6.45, 7) is 2.60. The maximum atomic E-state index is 11.7. The van der Waals surface area contributed by atoms with Gasteiger partial charge in [-0.05, 0) is 0 Å². The van der Waals surface area contributed by atoms with E-state index in [0.717, 1.165) is 0 Å². The van der Waals surface area contributed by atoms with Crippen molar-refractivity contribution in [1.29, 1.82) is 0 Å². The van der Waals surface area contributed by atoms with Crippen LogP contribution in [0.15, 0.2) is 0 Å². The van der Waals surface area contributed by atoms with Crippen molar-refractivity contribution >= 4 is 11.9 Å². The number of aliphatic hydroxyl groups is 3. The summed E-state index contributed by atoms with van der Waals surface area (Å²) in [4.78, 5) is 23.2. The molecule has 0 radical (unpaired) electrons. The van der Waals surface area contributed by atoms with Gasteiger partial charge in [-0.2, -0.15) is 0 Å². The molecule has 2 fully saturated rings. The number of aliphatic hydroxyl groups excluding tert-OH is 3. The number of hydrogen-bond acceptors (Lipinski definition) is 10. The predicted molar refractivity (Wildman–Crippen MR) is 93.5 cm³/mol. The Morgan fingerprint density at radius 2 is 1.69 bits per heavy atom. The first-order chi connectivity index (χ1) is 13.7. The van der Waals surface area contributed by atoms with Crippen LogP contribution in [0.4, 0.5) is 0 Å². The average Bonchev–Trinajstić information content (AvgIpc) is 2.67. The maximum absolute atomic E-state index is 11.7. The fraction of sp³-hybridized carbons (Fsp3) is 0.882. The third kappa shape index (κ3) is 5.03. The molecule has 0 aromatic carbocycles. The molecule has 0 bridgehead atoms. The minimum atomic E-state index is -1.63. The van der Waals surface area contributed by atoms with Crippen molar-refractivity contribution in [1.82, 2.24) is 5.32 Å². The molecule has 1 amide bonds. The normalized spacial score (nSPS) is 43.0. The molecule has 12 heteroatoms. The molecule has 0 aliphatic carbocycles. The fourth-order valence-corrected chi connectivity index (χ4v) is 3.65. The van der Waals surface area contributed by atoms with E-state index >= 15 is 0 Å². The molecule has 29 heavy (non-hydrogen) atoms. The zero-order valence-electron chi connectivity index (χ0n) is 16.6. The number of carboxylic acid groups (broad SMARTS) is 1. The number of rotatable bonds is 7. The number of amides is 1. The monoisotopic (exact) mass is 423 g/mol. The van der Waals surface area contributed by atoms with Gasteiger partial charge in [-0.15, -0.1) is 0 Å². The molecule has 0 spiro atoms. The maximum Gasteiger partial charge on any atom is 0.335 e. The lowest BCUT2D eigenvalue weighted by molar-refractivity contribution is -0.333. The Kier molecular flexibility index (Phi) is 8.31. The van der Waals surface area contributed by atoms with Crippen LogP contribution < -0.4 is 5.32 Å². The molecule has 0 saturated carbocycles. The molecule has 2 saturated heterocycles. The van der Waals surface area contributed by atoms with Gasteiger partial charge in [0.2, 0.25) is 5.91 Å². The quantitative estimate of drug-likeness (QED) is 0.291. The van der Waals surface area contributed by atoms with E-state index < -0.39 is 73.0 Å². The number of carbonyl (C=O) groups excluding carboxylic acids is 1. The van der Waals surface area contributed by atoms with Crippen molar-refractivity contribution in [2.75, 3.05) is 20.8 Å². The Hall–Kier alpha value is -1.38. The van der Waals surface area contributed by atoms with E-state index in [4.69, 9.17) is 23.7 Å². The van der Waals surface area contributed by atoms with E-state index in [9.17, 15) is 30.0 Å². The number of carbonyl (C=O) groups is 2. The van der Waals surface area contributed by atoms with Crippen LogP contribution in [0.2, 0.25) is 0 Å². The summed E-state index contributed by atoms with van der Waals surface area (Å²) in [6, 6.07) is -0.855. The van der Waals surface area contributed by atoms with E-state index in [1.807, 2.05) is 0 Å². The van der Waals surface area contributed by atoms with Crippen LogP contribution in [-0.2, 0) is 33.3 Å². The number of nitrogens with one attached hydrogen (secondary N) is 1. The van der Waals surface area contributed by atoms with Gasteiger partial charge in [-0.25, -0.2) is 4.79 Å². The molecule has 0 aromatic heterocycles. The first-order valence-corrected chi connectivity index (χ1v) is 9.15. The number of hydrogen-bond donors (Lipinski definition) is 5. The Morgan fingerprint density at radius 3 is 2.17 bits per heavy atom. The van der Waals surface area contributed by atoms with Crippen LogP contribution in [0.25, 0.3) is 0 Å². The number of aliphatic carboxylic acids is 1. The van der Waals surface area contributed by atoms with Gasteiger partial charge < -0.3 is 49.4 Å². The summed E-state index contributed by atoms with van der Waals surface area (Å²) >= 11 is 0. The van der Waals surface area contributed by atoms with Crippen molar-refractivity contribution in [3.63, 3.8) is 0 Å². The molecule has 168 valence electrons. The zero-order chi connectivity index (χ0) is 21.9. The van der Waals surface area contributed by atoms with Crippen molar-refractivity contribution in [2.45, 2.75) is 69.1 Å². The van der Waals surface area contributed by atoms with E-state index in [1.54, 1.807) is 6.92 Å². The van der Waals surface area contributed by atoms with Gasteiger partial charge >= 0.3 is 5.97 Å². The topological polar surface area (TPSA) is 173 Å². The molecule has 4 unspecified atom stereocenters. The average molecular weight is 423 g/mol. The van der Waals surface area contributed by atoms with Gasteiger partial charge in [0.15, 0.2) is 18.7 Å². The molecule has 0 aromatic rings. The van der Waals surface area contributed by atoms with Gasteiger partial charge in [-0.3, -0.25) is 4.79 Å². The van der Waals surface area contributed by atoms with Gasteiger partial charge in [-0.1, -0.05) is 6.92 Å². The summed E-state index contributed by atoms with van der Waals surface area (Å²) in [5.41, 5.74) is 0. The summed E-state index contributed by atoms with van der Waals surface area (Å²) in [5, 5.41) is 42.3. The summed E-state index contributed by atoms with van der Waals surface area (Å²) in [5.74, 6) is -2.32. The highest BCUT2D eigenvalue weighted by molar-refractivity contribution is 5.73. The van der Waals surface area contributed by atoms with Crippen LogP contribution in [0.5, 0.6) is 0 Å². The third-order valence-electron chi connectivity index (χ3n) is 5.19. The van der Waals surface area contributed by atoms with Gasteiger partial charge in [0.25, 0.3) is 0 Å². The van der Waals surface area contributed by atoms with Crippen LogP contribution in [0, 0.1) is 5.92 Å². The van der Waals surface area contributed by atoms with Crippen molar-refractivity contribution in [2.24, 2.45) is 5.92 Å². The number of carboxylic acids is 1. The minimum Gasteiger partial charge on any atom is -0.479 e. The Balaban J connectivity index is 2.30. The highest BCUT2D eigenvalue weighted by Gasteiger charge is 2.52. The molecule has 5 N–H and O–H groups in total. The third-order valence-corrected chi connectivity index (χ3v) is 5.19. The Labute approximate surface area is 167 Å². The van der Waals surface area contributed by atoms with Crippen molar-refractivity contribution in [3.05, 3.63) is 0 Å². The molecule has 12 nitrogen and oxygen atoms in total. The van der Waals surface area contributed by atoms with Gasteiger partial charge in [0.05, 0.1) is 18.8 Å². The first-order valence-electron chi connectivity index (χ1n) is 9.15. The predicted octanol–water partition coefficient (Wildman–Crippen LogP) is -2.58. The highest BCUT2D eigenvalue weighted by atomic mass is 16.7. The second kappa shape index (κ2) is 10.1. The Bertz CT molecular complexity index is 576.